The molecule has 7 aromatic rings. The Bertz CT molecular complexity index is 3910. The molecule has 0 bridgehead atoms. The molecule has 3 nitrogen and oxygen atoms in total. The van der Waals surface area contributed by atoms with Gasteiger partial charge in [0, 0.05) is 39.7 Å². The lowest BCUT2D eigenvalue weighted by atomic mass is 9.35. The van der Waals surface area contributed by atoms with E-state index >= 15 is 0 Å². The lowest BCUT2D eigenvalue weighted by molar-refractivity contribution is 0.332. The van der Waals surface area contributed by atoms with E-state index in [1.807, 2.05) is 24.3 Å². The SMILES string of the molecule is C=C/C=C\C=C\[Si](/C=C/C)(/C=C/C=C\C=C)c1ccc(-c2ccc(N3c4cc5c(cc4B4c6oc7cc8c(cc7c6N(c6ccc(C(C)(C)C)cc6)c6cc(C)cc3c64)C(C)(C)CCC8(C)C)C(C)CCC5C)c(C3C=CC=CC3)c2)cc1. The molecule has 5 heteroatoms. The van der Waals surface area contributed by atoms with Crippen LogP contribution in [0.2, 0.25) is 0 Å². The van der Waals surface area contributed by atoms with E-state index in [0.717, 1.165) is 36.2 Å². The summed E-state index contributed by atoms with van der Waals surface area (Å²) >= 11 is 0. The van der Waals surface area contributed by atoms with Gasteiger partial charge in [-0.1, -0.05) is 220 Å². The zero-order valence-electron chi connectivity index (χ0n) is 51.1. The number of rotatable bonds is 12. The molecule has 3 aliphatic carbocycles. The van der Waals surface area contributed by atoms with E-state index in [9.17, 15) is 0 Å². The van der Waals surface area contributed by atoms with Crippen molar-refractivity contribution in [1.29, 1.82) is 0 Å². The van der Waals surface area contributed by atoms with Crippen LogP contribution in [-0.2, 0) is 16.2 Å². The topological polar surface area (TPSA) is 19.6 Å². The van der Waals surface area contributed by atoms with E-state index in [1.165, 1.54) is 113 Å². The first kappa shape index (κ1) is 55.9. The van der Waals surface area contributed by atoms with Gasteiger partial charge in [-0.3, -0.25) is 0 Å². The maximum atomic E-state index is 7.70. The van der Waals surface area contributed by atoms with Crippen LogP contribution in [0, 0.1) is 6.92 Å². The lowest BCUT2D eigenvalue weighted by Crippen LogP contribution is -2.61. The zero-order chi connectivity index (χ0) is 58.2. The average molecular weight is 1100 g/mol. The van der Waals surface area contributed by atoms with Gasteiger partial charge in [0.05, 0.1) is 11.3 Å². The van der Waals surface area contributed by atoms with Crippen LogP contribution in [0.4, 0.5) is 34.1 Å². The summed E-state index contributed by atoms with van der Waals surface area (Å²) < 4.78 is 7.70. The van der Waals surface area contributed by atoms with E-state index < -0.39 is 8.07 Å². The van der Waals surface area contributed by atoms with Gasteiger partial charge in [0.2, 0.25) is 0 Å². The third-order valence-corrected chi connectivity index (χ3v) is 23.0. The molecule has 0 N–H and O–H groups in total. The molecule has 418 valence electrons. The van der Waals surface area contributed by atoms with Crippen molar-refractivity contribution in [2.24, 2.45) is 0 Å². The first-order valence-corrected chi connectivity index (χ1v) is 32.9. The molecular formula is C78H83BN2OSi. The first-order chi connectivity index (χ1) is 39.9. The second-order valence-electron chi connectivity index (χ2n) is 26.9. The van der Waals surface area contributed by atoms with E-state index in [0.29, 0.717) is 11.8 Å². The number of nitrogens with zero attached hydrogens (tertiary/aromatic N) is 2. The normalized spacial score (nSPS) is 19.7. The Morgan fingerprint density at radius 1 is 0.639 bits per heavy atom. The van der Waals surface area contributed by atoms with Gasteiger partial charge in [-0.25, -0.2) is 0 Å². The van der Waals surface area contributed by atoms with Gasteiger partial charge in [-0.15, -0.1) is 0 Å². The Morgan fingerprint density at radius 3 is 1.88 bits per heavy atom. The highest BCUT2D eigenvalue weighted by molar-refractivity contribution is 7.03. The standard InChI is InChI=1S/C78H83BN2OSi/c1-14-17-19-24-43-83(42-16-3,44-25-20-18-15-2)60-37-30-55(31-38-60)57-32-39-68(63(47-57)56-26-22-21-23-27-56)81-69-50-62-54(6)29-28-53(5)61(62)49-67(69)79-73-70(45-52(4)46-71(73)81)80(59-35-33-58(34-36-59)76(7,8)9)74-64-48-65-66(51-72(64)82-75(74)79)78(12,13)41-40-77(65,10)11/h14-26,30-39,42-51,53-54,56H,1-2,27-29,40-41H2,3-13H3/b19-17-,20-18-,42-16+,43-24+,44-25+. The fourth-order valence-electron chi connectivity index (χ4n) is 14.5. The Balaban J connectivity index is 1.10. The van der Waals surface area contributed by atoms with Gasteiger partial charge in [-0.2, -0.15) is 0 Å². The maximum Gasteiger partial charge on any atom is 0.297 e. The molecule has 0 saturated heterocycles. The molecule has 2 aliphatic heterocycles. The van der Waals surface area contributed by atoms with Crippen molar-refractivity contribution in [3.8, 4) is 11.1 Å². The highest BCUT2D eigenvalue weighted by Gasteiger charge is 2.49. The Kier molecular flexibility index (Phi) is 14.5. The van der Waals surface area contributed by atoms with E-state index in [2.05, 4.69) is 274 Å². The van der Waals surface area contributed by atoms with Crippen LogP contribution in [0.1, 0.15) is 158 Å². The van der Waals surface area contributed by atoms with Crippen molar-refractivity contribution < 1.29 is 4.42 Å². The van der Waals surface area contributed by atoms with Gasteiger partial charge in [-0.05, 0) is 195 Å². The third kappa shape index (κ3) is 9.81. The molecule has 0 saturated carbocycles. The minimum Gasteiger partial charge on any atom is -0.468 e. The van der Waals surface area contributed by atoms with Gasteiger partial charge < -0.3 is 14.2 Å². The molecule has 3 heterocycles. The number of fused-ring (bicyclic) bond motifs is 8. The van der Waals surface area contributed by atoms with Crippen LogP contribution < -0.4 is 31.6 Å². The number of hydrogen-bond acceptors (Lipinski definition) is 3. The summed E-state index contributed by atoms with van der Waals surface area (Å²) in [5.41, 5.74) is 31.3. The summed E-state index contributed by atoms with van der Waals surface area (Å²) in [6.45, 7) is 33.7. The van der Waals surface area contributed by atoms with Gasteiger partial charge in [0.1, 0.15) is 5.58 Å². The summed E-state index contributed by atoms with van der Waals surface area (Å²) in [5.74, 6) is 1.07. The molecular weight excluding hydrogens is 1020 g/mol. The Labute approximate surface area is 497 Å². The summed E-state index contributed by atoms with van der Waals surface area (Å²) in [5, 5.41) is 2.52. The number of aryl methyl sites for hydroxylation is 1. The van der Waals surface area contributed by atoms with E-state index in [1.54, 1.807) is 0 Å². The molecule has 0 spiro atoms. The highest BCUT2D eigenvalue weighted by atomic mass is 28.3. The fourth-order valence-corrected chi connectivity index (χ4v) is 17.6. The molecule has 0 fully saturated rings. The quantitative estimate of drug-likeness (QED) is 0.0898. The molecule has 0 amide bonds. The average Bonchev–Trinajstić information content (AvgIpc) is 1.91. The Morgan fingerprint density at radius 2 is 1.27 bits per heavy atom. The molecule has 5 aliphatic rings. The largest absolute Gasteiger partial charge is 0.468 e. The molecule has 3 unspecified atom stereocenters. The predicted octanol–water partition coefficient (Wildman–Crippen LogP) is 19.2. The minimum absolute atomic E-state index is 0.0119. The zero-order valence-corrected chi connectivity index (χ0v) is 52.1. The number of furan rings is 1. The van der Waals surface area contributed by atoms with Gasteiger partial charge in [0.15, 0.2) is 8.07 Å². The first-order valence-electron chi connectivity index (χ1n) is 30.7. The summed E-state index contributed by atoms with van der Waals surface area (Å²) in [6.07, 6.45) is 33.2. The van der Waals surface area contributed by atoms with Crippen LogP contribution in [0.5, 0.6) is 0 Å². The van der Waals surface area contributed by atoms with E-state index in [-0.39, 0.29) is 28.9 Å². The smallest absolute Gasteiger partial charge is 0.297 e. The van der Waals surface area contributed by atoms with Crippen molar-refractivity contribution in [3.63, 3.8) is 0 Å². The second kappa shape index (κ2) is 21.5. The van der Waals surface area contributed by atoms with Crippen molar-refractivity contribution in [2.75, 3.05) is 9.80 Å². The van der Waals surface area contributed by atoms with Crippen LogP contribution in [0.15, 0.2) is 217 Å². The molecule has 83 heavy (non-hydrogen) atoms. The van der Waals surface area contributed by atoms with Crippen molar-refractivity contribution in [1.82, 2.24) is 0 Å². The highest BCUT2D eigenvalue weighted by Crippen LogP contribution is 2.53. The summed E-state index contributed by atoms with van der Waals surface area (Å²) in [6, 6.07) is 41.4. The maximum absolute atomic E-state index is 7.70. The number of benzene rings is 6. The van der Waals surface area contributed by atoms with Crippen LogP contribution in [-0.4, -0.2) is 14.8 Å². The predicted molar refractivity (Wildman–Crippen MR) is 363 cm³/mol. The summed E-state index contributed by atoms with van der Waals surface area (Å²) in [7, 11) is -2.40. The monoisotopic (exact) mass is 1100 g/mol. The molecule has 12 rings (SSSR count). The van der Waals surface area contributed by atoms with Gasteiger partial charge >= 0.3 is 0 Å². The third-order valence-electron chi connectivity index (χ3n) is 19.3. The van der Waals surface area contributed by atoms with Crippen LogP contribution in [0.3, 0.4) is 0 Å². The summed E-state index contributed by atoms with van der Waals surface area (Å²) in [4.78, 5) is 5.28. The van der Waals surface area contributed by atoms with E-state index in [4.69, 9.17) is 4.42 Å². The molecule has 6 aromatic carbocycles. The Hall–Kier alpha value is -7.60. The number of hydrogen-bond donors (Lipinski definition) is 0. The lowest BCUT2D eigenvalue weighted by Gasteiger charge is -2.44. The minimum atomic E-state index is -2.40. The molecule has 3 atom stereocenters. The second-order valence-corrected chi connectivity index (χ2v) is 30.4. The van der Waals surface area contributed by atoms with Crippen molar-refractivity contribution in [3.05, 3.63) is 251 Å². The van der Waals surface area contributed by atoms with Gasteiger partial charge in [0.25, 0.3) is 6.71 Å². The number of anilines is 6. The van der Waals surface area contributed by atoms with Crippen molar-refractivity contribution >= 4 is 81.7 Å². The number of allylic oxidation sites excluding steroid dienone is 13. The molecule has 1 aromatic heterocycles. The fraction of sp³-hybridized carbons (Fsp3) is 0.282. The van der Waals surface area contributed by atoms with Crippen LogP contribution >= 0.6 is 0 Å². The van der Waals surface area contributed by atoms with Crippen LogP contribution in [0.25, 0.3) is 22.1 Å². The van der Waals surface area contributed by atoms with Crippen molar-refractivity contribution in [2.45, 2.75) is 142 Å². The molecule has 0 radical (unpaired) electrons.